The van der Waals surface area contributed by atoms with Crippen molar-refractivity contribution in [2.75, 3.05) is 17.4 Å². The SMILES string of the molecule is O=C(O)CN(c1cccc2c(C(=O)NCC3CCCCC3)cccc12)S(=O)(=O)c1cc(Cl)cc(Cl)c1. The molecule has 7 nitrogen and oxygen atoms in total. The Balaban J connectivity index is 1.74. The number of hydrogen-bond acceptors (Lipinski definition) is 4. The van der Waals surface area contributed by atoms with Gasteiger partial charge in [0.05, 0.1) is 10.6 Å². The first kappa shape index (κ1) is 26.3. The minimum Gasteiger partial charge on any atom is -0.480 e. The zero-order chi connectivity index (χ0) is 25.9. The number of halogens is 2. The monoisotopic (exact) mass is 548 g/mol. The summed E-state index contributed by atoms with van der Waals surface area (Å²) in [5.74, 6) is -1.14. The van der Waals surface area contributed by atoms with Crippen molar-refractivity contribution in [3.05, 3.63) is 70.2 Å². The highest BCUT2D eigenvalue weighted by atomic mass is 35.5. The van der Waals surface area contributed by atoms with Crippen LogP contribution in [0.15, 0.2) is 59.5 Å². The third kappa shape index (κ3) is 5.77. The van der Waals surface area contributed by atoms with E-state index in [-0.39, 0.29) is 26.5 Å². The number of aliphatic carboxylic acids is 1. The number of carboxylic acid groups (broad SMARTS) is 1. The normalized spacial score (nSPS) is 14.5. The molecule has 3 aromatic carbocycles. The Morgan fingerprint density at radius 3 is 2.25 bits per heavy atom. The molecule has 1 saturated carbocycles. The fourth-order valence-corrected chi connectivity index (χ4v) is 6.82. The number of nitrogens with zero attached hydrogens (tertiary/aromatic N) is 1. The molecule has 0 unspecified atom stereocenters. The minimum absolute atomic E-state index is 0.103. The van der Waals surface area contributed by atoms with E-state index in [4.69, 9.17) is 23.2 Å². The zero-order valence-electron chi connectivity index (χ0n) is 19.4. The summed E-state index contributed by atoms with van der Waals surface area (Å²) in [5.41, 5.74) is 0.525. The third-order valence-electron chi connectivity index (χ3n) is 6.39. The number of amides is 1. The first-order chi connectivity index (χ1) is 17.2. The molecule has 0 radical (unpaired) electrons. The van der Waals surface area contributed by atoms with E-state index in [9.17, 15) is 23.1 Å². The van der Waals surface area contributed by atoms with E-state index in [2.05, 4.69) is 5.32 Å². The van der Waals surface area contributed by atoms with Gasteiger partial charge in [-0.1, -0.05) is 66.7 Å². The lowest BCUT2D eigenvalue weighted by Gasteiger charge is -2.25. The largest absolute Gasteiger partial charge is 0.480 e. The molecule has 2 N–H and O–H groups in total. The molecule has 1 aliphatic carbocycles. The summed E-state index contributed by atoms with van der Waals surface area (Å²) in [6, 6.07) is 13.6. The van der Waals surface area contributed by atoms with Gasteiger partial charge in [-0.25, -0.2) is 8.42 Å². The van der Waals surface area contributed by atoms with Crippen molar-refractivity contribution in [2.24, 2.45) is 5.92 Å². The van der Waals surface area contributed by atoms with Crippen LogP contribution in [-0.2, 0) is 14.8 Å². The average Bonchev–Trinajstić information content (AvgIpc) is 2.85. The van der Waals surface area contributed by atoms with Gasteiger partial charge in [-0.15, -0.1) is 0 Å². The van der Waals surface area contributed by atoms with Crippen LogP contribution >= 0.6 is 23.2 Å². The van der Waals surface area contributed by atoms with Gasteiger partial charge in [0.2, 0.25) is 0 Å². The van der Waals surface area contributed by atoms with Crippen LogP contribution in [0.25, 0.3) is 10.8 Å². The van der Waals surface area contributed by atoms with Gasteiger partial charge in [-0.2, -0.15) is 0 Å². The Morgan fingerprint density at radius 1 is 0.944 bits per heavy atom. The Morgan fingerprint density at radius 2 is 1.58 bits per heavy atom. The number of nitrogens with one attached hydrogen (secondary N) is 1. The van der Waals surface area contributed by atoms with Crippen molar-refractivity contribution in [2.45, 2.75) is 37.0 Å². The molecular formula is C26H26Cl2N2O5S. The van der Waals surface area contributed by atoms with Crippen molar-refractivity contribution >= 4 is 61.6 Å². The lowest BCUT2D eigenvalue weighted by molar-refractivity contribution is -0.135. The molecule has 0 atom stereocenters. The summed E-state index contributed by atoms with van der Waals surface area (Å²) >= 11 is 12.0. The number of anilines is 1. The Hall–Kier alpha value is -2.81. The van der Waals surface area contributed by atoms with Crippen LogP contribution in [0.1, 0.15) is 42.5 Å². The van der Waals surface area contributed by atoms with E-state index in [1.807, 2.05) is 0 Å². The van der Waals surface area contributed by atoms with E-state index in [0.29, 0.717) is 28.8 Å². The molecule has 0 saturated heterocycles. The van der Waals surface area contributed by atoms with Crippen molar-refractivity contribution in [1.29, 1.82) is 0 Å². The topological polar surface area (TPSA) is 104 Å². The minimum atomic E-state index is -4.36. The number of benzene rings is 3. The highest BCUT2D eigenvalue weighted by molar-refractivity contribution is 7.92. The first-order valence-electron chi connectivity index (χ1n) is 11.7. The molecule has 190 valence electrons. The van der Waals surface area contributed by atoms with Gasteiger partial charge in [0.1, 0.15) is 6.54 Å². The highest BCUT2D eigenvalue weighted by Gasteiger charge is 2.29. The van der Waals surface area contributed by atoms with Crippen LogP contribution in [-0.4, -0.2) is 38.5 Å². The Labute approximate surface area is 220 Å². The highest BCUT2D eigenvalue weighted by Crippen LogP contribution is 2.34. The summed E-state index contributed by atoms with van der Waals surface area (Å²) in [7, 11) is -4.36. The Kier molecular flexibility index (Phi) is 8.07. The molecule has 1 amide bonds. The fourth-order valence-electron chi connectivity index (χ4n) is 4.66. The average molecular weight is 549 g/mol. The zero-order valence-corrected chi connectivity index (χ0v) is 21.7. The summed E-state index contributed by atoms with van der Waals surface area (Å²) < 4.78 is 28.0. The number of sulfonamides is 1. The number of rotatable bonds is 8. The van der Waals surface area contributed by atoms with E-state index in [1.54, 1.807) is 30.3 Å². The maximum Gasteiger partial charge on any atom is 0.324 e. The maximum absolute atomic E-state index is 13.6. The predicted octanol–water partition coefficient (Wildman–Crippen LogP) is 5.74. The molecule has 36 heavy (non-hydrogen) atoms. The molecule has 3 aromatic rings. The van der Waals surface area contributed by atoms with E-state index >= 15 is 0 Å². The fraction of sp³-hybridized carbons (Fsp3) is 0.308. The third-order valence-corrected chi connectivity index (χ3v) is 8.57. The van der Waals surface area contributed by atoms with Crippen LogP contribution < -0.4 is 9.62 Å². The van der Waals surface area contributed by atoms with Gasteiger partial charge in [0, 0.05) is 27.5 Å². The van der Waals surface area contributed by atoms with E-state index in [1.165, 1.54) is 43.5 Å². The van der Waals surface area contributed by atoms with Crippen molar-refractivity contribution < 1.29 is 23.1 Å². The van der Waals surface area contributed by atoms with Gasteiger partial charge in [0.15, 0.2) is 0 Å². The van der Waals surface area contributed by atoms with Gasteiger partial charge in [-0.05, 0) is 54.5 Å². The molecule has 1 aliphatic rings. The lowest BCUT2D eigenvalue weighted by atomic mass is 9.89. The van der Waals surface area contributed by atoms with Gasteiger partial charge < -0.3 is 10.4 Å². The number of hydrogen-bond donors (Lipinski definition) is 2. The second-order valence-corrected chi connectivity index (χ2v) is 11.6. The van der Waals surface area contributed by atoms with Crippen molar-refractivity contribution in [3.63, 3.8) is 0 Å². The predicted molar refractivity (Wildman–Crippen MR) is 141 cm³/mol. The molecule has 4 rings (SSSR count). The van der Waals surface area contributed by atoms with Gasteiger partial charge >= 0.3 is 5.97 Å². The Bertz CT molecular complexity index is 1380. The van der Waals surface area contributed by atoms with Crippen LogP contribution in [0, 0.1) is 5.92 Å². The van der Waals surface area contributed by atoms with Crippen LogP contribution in [0.5, 0.6) is 0 Å². The summed E-state index contributed by atoms with van der Waals surface area (Å²) in [6.45, 7) is -0.242. The van der Waals surface area contributed by atoms with Gasteiger partial charge in [-0.3, -0.25) is 13.9 Å². The molecule has 1 fully saturated rings. The standard InChI is InChI=1S/C26H26Cl2N2O5S/c27-18-12-19(28)14-20(13-18)36(34,35)30(16-25(31)32)24-11-5-8-21-22(24)9-4-10-23(21)26(33)29-15-17-6-2-1-3-7-17/h4-5,8-14,17H,1-3,6-7,15-16H2,(H,29,33)(H,31,32). The number of carbonyl (C=O) groups is 2. The molecule has 0 heterocycles. The molecule has 0 aliphatic heterocycles. The summed E-state index contributed by atoms with van der Waals surface area (Å²) in [5, 5.41) is 13.7. The van der Waals surface area contributed by atoms with E-state index in [0.717, 1.165) is 17.1 Å². The smallest absolute Gasteiger partial charge is 0.324 e. The van der Waals surface area contributed by atoms with Gasteiger partial charge in [0.25, 0.3) is 15.9 Å². The second-order valence-electron chi connectivity index (χ2n) is 8.90. The number of fused-ring (bicyclic) bond motifs is 1. The first-order valence-corrected chi connectivity index (χ1v) is 13.9. The molecular weight excluding hydrogens is 523 g/mol. The van der Waals surface area contributed by atoms with Crippen LogP contribution in [0.2, 0.25) is 10.0 Å². The number of carbonyl (C=O) groups excluding carboxylic acids is 1. The molecule has 10 heteroatoms. The number of carboxylic acids is 1. The van der Waals surface area contributed by atoms with E-state index < -0.39 is 22.5 Å². The van der Waals surface area contributed by atoms with Crippen LogP contribution in [0.3, 0.4) is 0 Å². The molecule has 0 spiro atoms. The van der Waals surface area contributed by atoms with Crippen molar-refractivity contribution in [3.8, 4) is 0 Å². The maximum atomic E-state index is 13.6. The molecule has 0 aromatic heterocycles. The summed E-state index contributed by atoms with van der Waals surface area (Å²) in [6.07, 6.45) is 5.76. The lowest BCUT2D eigenvalue weighted by Crippen LogP contribution is -2.36. The van der Waals surface area contributed by atoms with Crippen LogP contribution in [0.4, 0.5) is 5.69 Å². The summed E-state index contributed by atoms with van der Waals surface area (Å²) in [4.78, 5) is 24.6. The second kappa shape index (κ2) is 11.1. The molecule has 0 bridgehead atoms. The van der Waals surface area contributed by atoms with Crippen molar-refractivity contribution in [1.82, 2.24) is 5.32 Å². The quantitative estimate of drug-likeness (QED) is 0.373.